The van der Waals surface area contributed by atoms with Gasteiger partial charge in [-0.15, -0.1) is 0 Å². The molecule has 0 fully saturated rings. The van der Waals surface area contributed by atoms with Crippen molar-refractivity contribution in [2.75, 3.05) is 36.5 Å². The fraction of sp³-hybridized carbons (Fsp3) is 0.250. The Bertz CT molecular complexity index is 890. The monoisotopic (exact) mass is 365 g/mol. The van der Waals surface area contributed by atoms with Gasteiger partial charge in [-0.1, -0.05) is 6.08 Å². The smallest absolute Gasteiger partial charge is 0.259 e. The molecule has 0 bridgehead atoms. The number of aromatic nitrogens is 1. The van der Waals surface area contributed by atoms with E-state index in [1.165, 1.54) is 12.5 Å². The van der Waals surface area contributed by atoms with Gasteiger partial charge in [0, 0.05) is 37.6 Å². The Labute approximate surface area is 158 Å². The Morgan fingerprint density at radius 2 is 1.81 bits per heavy atom. The number of nitrogens with one attached hydrogen (secondary N) is 2. The Morgan fingerprint density at radius 3 is 2.41 bits per heavy atom. The highest BCUT2D eigenvalue weighted by atomic mass is 16.2. The first-order valence-corrected chi connectivity index (χ1v) is 8.75. The summed E-state index contributed by atoms with van der Waals surface area (Å²) in [5.41, 5.74) is 9.64. The number of likely N-dealkylation sites (N-methyl/N-ethyl adjacent to an activating group) is 1. The van der Waals surface area contributed by atoms with Crippen molar-refractivity contribution >= 4 is 34.6 Å². The number of nitrogen functional groups attached to an aromatic ring is 1. The normalized spacial score (nSPS) is 14.4. The van der Waals surface area contributed by atoms with Crippen LogP contribution in [0.2, 0.25) is 0 Å². The minimum absolute atomic E-state index is 0.148. The first-order valence-electron chi connectivity index (χ1n) is 8.75. The van der Waals surface area contributed by atoms with Gasteiger partial charge in [0.1, 0.15) is 5.82 Å². The third-order valence-electron chi connectivity index (χ3n) is 4.41. The van der Waals surface area contributed by atoms with E-state index in [1.807, 2.05) is 0 Å². The highest BCUT2D eigenvalue weighted by Crippen LogP contribution is 2.24. The third kappa shape index (κ3) is 4.71. The summed E-state index contributed by atoms with van der Waals surface area (Å²) in [6.07, 6.45) is 4.78. The van der Waals surface area contributed by atoms with Crippen molar-refractivity contribution in [1.82, 2.24) is 9.88 Å². The molecule has 7 nitrogen and oxygen atoms in total. The van der Waals surface area contributed by atoms with Crippen molar-refractivity contribution in [2.24, 2.45) is 0 Å². The van der Waals surface area contributed by atoms with E-state index in [-0.39, 0.29) is 17.6 Å². The van der Waals surface area contributed by atoms with E-state index in [1.54, 1.807) is 36.5 Å². The van der Waals surface area contributed by atoms with E-state index in [4.69, 9.17) is 5.73 Å². The Balaban J connectivity index is 1.76. The Hall–Kier alpha value is -3.19. The van der Waals surface area contributed by atoms with Gasteiger partial charge in [-0.25, -0.2) is 4.98 Å². The number of anilines is 3. The number of hydrogen-bond donors (Lipinski definition) is 3. The van der Waals surface area contributed by atoms with Gasteiger partial charge >= 0.3 is 0 Å². The molecule has 1 aromatic heterocycles. The largest absolute Gasteiger partial charge is 0.383 e. The molecule has 1 aliphatic heterocycles. The van der Waals surface area contributed by atoms with Gasteiger partial charge in [0.2, 0.25) is 5.91 Å². The van der Waals surface area contributed by atoms with E-state index in [9.17, 15) is 9.59 Å². The van der Waals surface area contributed by atoms with Crippen LogP contribution in [-0.4, -0.2) is 41.8 Å². The molecular weight excluding hydrogens is 342 g/mol. The van der Waals surface area contributed by atoms with Gasteiger partial charge in [0.05, 0.1) is 5.56 Å². The molecule has 3 rings (SSSR count). The zero-order chi connectivity index (χ0) is 19.4. The molecule has 140 valence electrons. The topological polar surface area (TPSA) is 100 Å². The molecule has 0 saturated carbocycles. The van der Waals surface area contributed by atoms with Gasteiger partial charge in [-0.3, -0.25) is 9.59 Å². The van der Waals surface area contributed by atoms with Crippen LogP contribution in [0.5, 0.6) is 0 Å². The van der Waals surface area contributed by atoms with E-state index in [0.29, 0.717) is 16.9 Å². The van der Waals surface area contributed by atoms with Crippen molar-refractivity contribution in [3.05, 3.63) is 53.7 Å². The van der Waals surface area contributed by atoms with Crippen molar-refractivity contribution in [1.29, 1.82) is 0 Å². The number of pyridine rings is 1. The average molecular weight is 365 g/mol. The number of nitrogens with zero attached hydrogens (tertiary/aromatic N) is 2. The molecule has 0 unspecified atom stereocenters. The van der Waals surface area contributed by atoms with Crippen LogP contribution in [0, 0.1) is 0 Å². The second-order valence-corrected chi connectivity index (χ2v) is 6.61. The fourth-order valence-corrected chi connectivity index (χ4v) is 2.90. The maximum atomic E-state index is 12.7. The average Bonchev–Trinajstić information content (AvgIpc) is 2.64. The van der Waals surface area contributed by atoms with Crippen molar-refractivity contribution in [3.63, 3.8) is 0 Å². The molecule has 1 aliphatic rings. The van der Waals surface area contributed by atoms with Gasteiger partial charge in [-0.05, 0) is 54.9 Å². The maximum Gasteiger partial charge on any atom is 0.259 e. The van der Waals surface area contributed by atoms with Crippen LogP contribution in [0.3, 0.4) is 0 Å². The van der Waals surface area contributed by atoms with Crippen LogP contribution >= 0.6 is 0 Å². The number of amides is 2. The molecule has 4 N–H and O–H groups in total. The molecule has 0 spiro atoms. The van der Waals surface area contributed by atoms with E-state index in [2.05, 4.69) is 33.6 Å². The van der Waals surface area contributed by atoms with Gasteiger partial charge in [0.15, 0.2) is 0 Å². The fourth-order valence-electron chi connectivity index (χ4n) is 2.90. The molecule has 0 atom stereocenters. The van der Waals surface area contributed by atoms with Crippen molar-refractivity contribution < 1.29 is 9.59 Å². The summed E-state index contributed by atoms with van der Waals surface area (Å²) < 4.78 is 0. The van der Waals surface area contributed by atoms with Crippen LogP contribution in [0.25, 0.3) is 5.57 Å². The quantitative estimate of drug-likeness (QED) is 0.773. The lowest BCUT2D eigenvalue weighted by molar-refractivity contribution is -0.114. The highest BCUT2D eigenvalue weighted by Gasteiger charge is 2.16. The lowest BCUT2D eigenvalue weighted by Gasteiger charge is -2.22. The summed E-state index contributed by atoms with van der Waals surface area (Å²) in [4.78, 5) is 30.2. The molecule has 2 amide bonds. The van der Waals surface area contributed by atoms with Crippen LogP contribution < -0.4 is 16.4 Å². The Morgan fingerprint density at radius 1 is 1.15 bits per heavy atom. The van der Waals surface area contributed by atoms with E-state index < -0.39 is 0 Å². The van der Waals surface area contributed by atoms with Crippen molar-refractivity contribution in [2.45, 2.75) is 13.3 Å². The van der Waals surface area contributed by atoms with Gasteiger partial charge < -0.3 is 21.3 Å². The molecule has 0 radical (unpaired) electrons. The predicted octanol–water partition coefficient (Wildman–Crippen LogP) is 2.59. The number of nitrogens with two attached hydrogens (primary N) is 1. The summed E-state index contributed by atoms with van der Waals surface area (Å²) in [7, 11) is 2.07. The first-order chi connectivity index (χ1) is 12.9. The number of rotatable bonds is 4. The summed E-state index contributed by atoms with van der Waals surface area (Å²) in [6.45, 7) is 3.29. The second kappa shape index (κ2) is 8.01. The standard InChI is InChI=1S/C20H23N5O2/c1-13(26)23-16-3-5-17(6-4-16)24-20(27)18-11-15(12-22-19(18)21)14-7-9-25(2)10-8-14/h3-7,11-12H,8-10H2,1-2H3,(H2,21,22)(H,23,26)(H,24,27). The van der Waals surface area contributed by atoms with Gasteiger partial charge in [-0.2, -0.15) is 0 Å². The zero-order valence-corrected chi connectivity index (χ0v) is 15.5. The molecule has 27 heavy (non-hydrogen) atoms. The van der Waals surface area contributed by atoms with E-state index >= 15 is 0 Å². The van der Waals surface area contributed by atoms with Crippen LogP contribution in [0.15, 0.2) is 42.6 Å². The second-order valence-electron chi connectivity index (χ2n) is 6.61. The van der Waals surface area contributed by atoms with Crippen LogP contribution in [-0.2, 0) is 4.79 Å². The summed E-state index contributed by atoms with van der Waals surface area (Å²) in [5.74, 6) is -0.270. The minimum atomic E-state index is -0.317. The molecule has 2 aromatic rings. The third-order valence-corrected chi connectivity index (χ3v) is 4.41. The summed E-state index contributed by atoms with van der Waals surface area (Å²) in [5, 5.41) is 5.50. The lowest BCUT2D eigenvalue weighted by atomic mass is 9.99. The highest BCUT2D eigenvalue weighted by molar-refractivity contribution is 6.07. The number of benzene rings is 1. The summed E-state index contributed by atoms with van der Waals surface area (Å²) in [6, 6.07) is 8.67. The predicted molar refractivity (Wildman–Crippen MR) is 107 cm³/mol. The zero-order valence-electron chi connectivity index (χ0n) is 15.5. The molecule has 7 heteroatoms. The first kappa shape index (κ1) is 18.6. The van der Waals surface area contributed by atoms with Crippen molar-refractivity contribution in [3.8, 4) is 0 Å². The molecule has 2 heterocycles. The number of carbonyl (C=O) groups excluding carboxylic acids is 2. The molecule has 0 aliphatic carbocycles. The summed E-state index contributed by atoms with van der Waals surface area (Å²) >= 11 is 0. The number of hydrogen-bond acceptors (Lipinski definition) is 5. The minimum Gasteiger partial charge on any atom is -0.383 e. The van der Waals surface area contributed by atoms with Crippen LogP contribution in [0.1, 0.15) is 29.3 Å². The number of carbonyl (C=O) groups is 2. The molecular formula is C20H23N5O2. The van der Waals surface area contributed by atoms with Gasteiger partial charge in [0.25, 0.3) is 5.91 Å². The lowest BCUT2D eigenvalue weighted by Crippen LogP contribution is -2.24. The molecule has 1 aromatic carbocycles. The Kier molecular flexibility index (Phi) is 5.52. The maximum absolute atomic E-state index is 12.7. The molecule has 0 saturated heterocycles. The SMILES string of the molecule is CC(=O)Nc1ccc(NC(=O)c2cc(C3=CCN(C)CC3)cnc2N)cc1. The van der Waals surface area contributed by atoms with E-state index in [0.717, 1.165) is 25.1 Å². The van der Waals surface area contributed by atoms with Crippen LogP contribution in [0.4, 0.5) is 17.2 Å².